The van der Waals surface area contributed by atoms with Crippen LogP contribution >= 0.6 is 15.9 Å². The molecule has 1 aliphatic heterocycles. The first-order valence-electron chi connectivity index (χ1n) is 8.03. The van der Waals surface area contributed by atoms with Crippen molar-refractivity contribution in [2.45, 2.75) is 18.9 Å². The molecular weight excluding hydrogens is 373 g/mol. The van der Waals surface area contributed by atoms with Crippen LogP contribution in [0.25, 0.3) is 0 Å². The molecule has 0 bridgehead atoms. The number of halogens is 2. The van der Waals surface area contributed by atoms with E-state index in [-0.39, 0.29) is 17.4 Å². The summed E-state index contributed by atoms with van der Waals surface area (Å²) in [5, 5.41) is 10.5. The number of piperidine rings is 1. The molecule has 5 heteroatoms. The van der Waals surface area contributed by atoms with Crippen LogP contribution in [0.3, 0.4) is 0 Å². The van der Waals surface area contributed by atoms with E-state index in [9.17, 15) is 14.3 Å². The van der Waals surface area contributed by atoms with Crippen LogP contribution in [0.5, 0.6) is 0 Å². The highest BCUT2D eigenvalue weighted by atomic mass is 79.9. The summed E-state index contributed by atoms with van der Waals surface area (Å²) in [5.41, 5.74) is 1.00. The van der Waals surface area contributed by atoms with E-state index in [0.29, 0.717) is 30.4 Å². The van der Waals surface area contributed by atoms with Gasteiger partial charge in [-0.15, -0.1) is 0 Å². The third-order valence-electron chi connectivity index (χ3n) is 4.58. The Bertz CT molecular complexity index is 715. The van der Waals surface area contributed by atoms with Crippen LogP contribution in [0.2, 0.25) is 0 Å². The molecular formula is C19H19BrFNO2. The van der Waals surface area contributed by atoms with Crippen molar-refractivity contribution < 1.29 is 14.3 Å². The zero-order valence-electron chi connectivity index (χ0n) is 13.2. The Hall–Kier alpha value is -1.72. The van der Waals surface area contributed by atoms with Gasteiger partial charge in [-0.3, -0.25) is 4.79 Å². The van der Waals surface area contributed by atoms with Gasteiger partial charge in [0.25, 0.3) is 5.91 Å². The van der Waals surface area contributed by atoms with Gasteiger partial charge in [-0.25, -0.2) is 4.39 Å². The van der Waals surface area contributed by atoms with Crippen molar-refractivity contribution in [2.75, 3.05) is 13.1 Å². The average molecular weight is 392 g/mol. The number of hydrogen-bond donors (Lipinski definition) is 1. The fourth-order valence-electron chi connectivity index (χ4n) is 3.17. The molecule has 1 amide bonds. The average Bonchev–Trinajstić information content (AvgIpc) is 2.61. The fraction of sp³-hybridized carbons (Fsp3) is 0.316. The molecule has 126 valence electrons. The van der Waals surface area contributed by atoms with Crippen molar-refractivity contribution >= 4 is 21.8 Å². The van der Waals surface area contributed by atoms with Crippen molar-refractivity contribution in [2.24, 2.45) is 5.92 Å². The molecule has 0 aromatic heterocycles. The number of benzene rings is 2. The Morgan fingerprint density at radius 1 is 1.17 bits per heavy atom. The molecule has 2 aromatic carbocycles. The van der Waals surface area contributed by atoms with Crippen LogP contribution in [-0.2, 0) is 0 Å². The van der Waals surface area contributed by atoms with Crippen molar-refractivity contribution in [3.63, 3.8) is 0 Å². The molecule has 1 N–H and O–H groups in total. The summed E-state index contributed by atoms with van der Waals surface area (Å²) in [6.45, 7) is 1.06. The van der Waals surface area contributed by atoms with E-state index in [1.165, 1.54) is 12.1 Å². The van der Waals surface area contributed by atoms with E-state index < -0.39 is 11.9 Å². The van der Waals surface area contributed by atoms with Gasteiger partial charge in [0.1, 0.15) is 5.82 Å². The number of hydrogen-bond acceptors (Lipinski definition) is 2. The van der Waals surface area contributed by atoms with Crippen molar-refractivity contribution in [1.29, 1.82) is 0 Å². The number of rotatable bonds is 3. The molecule has 1 saturated heterocycles. The Kier molecular flexibility index (Phi) is 5.31. The van der Waals surface area contributed by atoms with Gasteiger partial charge in [0.15, 0.2) is 0 Å². The van der Waals surface area contributed by atoms with Gasteiger partial charge in [-0.2, -0.15) is 0 Å². The van der Waals surface area contributed by atoms with Gasteiger partial charge < -0.3 is 10.0 Å². The van der Waals surface area contributed by atoms with E-state index in [4.69, 9.17) is 0 Å². The van der Waals surface area contributed by atoms with Crippen LogP contribution in [0.1, 0.15) is 34.9 Å². The van der Waals surface area contributed by atoms with Gasteiger partial charge in [0.05, 0.1) is 11.7 Å². The van der Waals surface area contributed by atoms with Crippen molar-refractivity contribution in [3.8, 4) is 0 Å². The molecule has 0 radical (unpaired) electrons. The maximum absolute atomic E-state index is 14.0. The molecule has 1 heterocycles. The standard InChI is InChI=1S/C19H19BrFNO2/c20-15-6-7-16(17(21)12-15)19(24)22-10-8-14(9-11-22)18(23)13-4-2-1-3-5-13/h1-7,12,14,18,23H,8-11H2. The zero-order chi connectivity index (χ0) is 17.1. The summed E-state index contributed by atoms with van der Waals surface area (Å²) in [4.78, 5) is 14.2. The molecule has 1 unspecified atom stereocenters. The lowest BCUT2D eigenvalue weighted by Gasteiger charge is -2.34. The Balaban J connectivity index is 1.63. The molecule has 1 fully saturated rings. The Labute approximate surface area is 149 Å². The van der Waals surface area contributed by atoms with Crippen LogP contribution in [0.4, 0.5) is 4.39 Å². The van der Waals surface area contributed by atoms with Crippen LogP contribution in [0.15, 0.2) is 53.0 Å². The lowest BCUT2D eigenvalue weighted by Crippen LogP contribution is -2.40. The topological polar surface area (TPSA) is 40.5 Å². The molecule has 1 aliphatic rings. The third kappa shape index (κ3) is 3.68. The van der Waals surface area contributed by atoms with E-state index in [1.807, 2.05) is 30.3 Å². The summed E-state index contributed by atoms with van der Waals surface area (Å²) in [6, 6.07) is 14.1. The molecule has 3 nitrogen and oxygen atoms in total. The predicted octanol–water partition coefficient (Wildman–Crippen LogP) is 4.17. The van der Waals surface area contributed by atoms with Gasteiger partial charge in [0, 0.05) is 17.6 Å². The van der Waals surface area contributed by atoms with Crippen LogP contribution < -0.4 is 0 Å². The number of nitrogens with zero attached hydrogens (tertiary/aromatic N) is 1. The highest BCUT2D eigenvalue weighted by Crippen LogP contribution is 2.31. The second-order valence-corrected chi connectivity index (χ2v) is 7.02. The smallest absolute Gasteiger partial charge is 0.256 e. The quantitative estimate of drug-likeness (QED) is 0.852. The fourth-order valence-corrected chi connectivity index (χ4v) is 3.51. The normalized spacial score (nSPS) is 16.9. The highest BCUT2D eigenvalue weighted by molar-refractivity contribution is 9.10. The van der Waals surface area contributed by atoms with Gasteiger partial charge in [0.2, 0.25) is 0 Å². The van der Waals surface area contributed by atoms with E-state index in [0.717, 1.165) is 5.56 Å². The van der Waals surface area contributed by atoms with Gasteiger partial charge in [-0.05, 0) is 42.5 Å². The number of likely N-dealkylation sites (tertiary alicyclic amines) is 1. The SMILES string of the molecule is O=C(c1ccc(Br)cc1F)N1CCC(C(O)c2ccccc2)CC1. The Morgan fingerprint density at radius 3 is 2.46 bits per heavy atom. The predicted molar refractivity (Wildman–Crippen MR) is 94.1 cm³/mol. The summed E-state index contributed by atoms with van der Waals surface area (Å²) in [6.07, 6.45) is 0.896. The first-order valence-corrected chi connectivity index (χ1v) is 8.83. The maximum Gasteiger partial charge on any atom is 0.256 e. The largest absolute Gasteiger partial charge is 0.388 e. The minimum atomic E-state index is -0.520. The number of aliphatic hydroxyl groups is 1. The second kappa shape index (κ2) is 7.45. The summed E-state index contributed by atoms with van der Waals surface area (Å²) < 4.78 is 14.6. The first kappa shape index (κ1) is 17.1. The number of carbonyl (C=O) groups excluding carboxylic acids is 1. The van der Waals surface area contributed by atoms with Crippen molar-refractivity contribution in [3.05, 3.63) is 69.9 Å². The summed E-state index contributed by atoms with van der Waals surface area (Å²) in [7, 11) is 0. The van der Waals surface area contributed by atoms with Gasteiger partial charge in [-0.1, -0.05) is 46.3 Å². The monoisotopic (exact) mass is 391 g/mol. The van der Waals surface area contributed by atoms with E-state index >= 15 is 0 Å². The van der Waals surface area contributed by atoms with Crippen molar-refractivity contribution in [1.82, 2.24) is 4.90 Å². The first-order chi connectivity index (χ1) is 11.6. The molecule has 2 aromatic rings. The number of carbonyl (C=O) groups is 1. The number of amides is 1. The lowest BCUT2D eigenvalue weighted by molar-refractivity contribution is 0.0459. The molecule has 0 aliphatic carbocycles. The zero-order valence-corrected chi connectivity index (χ0v) is 14.7. The molecule has 3 rings (SSSR count). The molecule has 24 heavy (non-hydrogen) atoms. The lowest BCUT2D eigenvalue weighted by atomic mass is 9.87. The Morgan fingerprint density at radius 2 is 1.83 bits per heavy atom. The van der Waals surface area contributed by atoms with Gasteiger partial charge >= 0.3 is 0 Å². The molecule has 0 spiro atoms. The molecule has 1 atom stereocenters. The third-order valence-corrected chi connectivity index (χ3v) is 5.07. The second-order valence-electron chi connectivity index (χ2n) is 6.11. The minimum absolute atomic E-state index is 0.0975. The highest BCUT2D eigenvalue weighted by Gasteiger charge is 2.29. The van der Waals surface area contributed by atoms with Crippen LogP contribution in [-0.4, -0.2) is 29.0 Å². The van der Waals surface area contributed by atoms with E-state index in [2.05, 4.69) is 15.9 Å². The molecule has 0 saturated carbocycles. The number of aliphatic hydroxyl groups excluding tert-OH is 1. The van der Waals surface area contributed by atoms with Crippen LogP contribution in [0, 0.1) is 11.7 Å². The minimum Gasteiger partial charge on any atom is -0.388 e. The maximum atomic E-state index is 14.0. The van der Waals surface area contributed by atoms with E-state index in [1.54, 1.807) is 11.0 Å². The summed E-state index contributed by atoms with van der Waals surface area (Å²) >= 11 is 3.19. The summed E-state index contributed by atoms with van der Waals surface area (Å²) in [5.74, 6) is -0.681.